The van der Waals surface area contributed by atoms with Gasteiger partial charge in [-0.15, -0.1) is 0 Å². The molecule has 1 nitrogen and oxygen atoms in total. The maximum Gasteiger partial charge on any atom is 0.0522 e. The molecule has 0 atom stereocenters. The first kappa shape index (κ1) is 9.21. The second kappa shape index (κ2) is 3.23. The molecule has 4 rings (SSSR count). The normalized spacial score (nSPS) is 49.9. The zero-order chi connectivity index (χ0) is 9.60. The Morgan fingerprint density at radius 1 is 1.00 bits per heavy atom. The largest absolute Gasteiger partial charge is 0.381 e. The second-order valence-electron chi connectivity index (χ2n) is 5.97. The average molecular weight is 193 g/mol. The van der Waals surface area contributed by atoms with E-state index >= 15 is 0 Å². The number of hydrogen-bond donors (Lipinski definition) is 0. The van der Waals surface area contributed by atoms with Crippen molar-refractivity contribution in [1.82, 2.24) is 0 Å². The van der Waals surface area contributed by atoms with Crippen LogP contribution in [0.15, 0.2) is 0 Å². The SMILES string of the molecule is [CH2]COCC12CC3CC(CC(C3)C1)C2. The van der Waals surface area contributed by atoms with Crippen molar-refractivity contribution in [2.45, 2.75) is 38.5 Å². The molecular formula is C13H21O. The molecule has 0 amide bonds. The third-order valence-corrected chi connectivity index (χ3v) is 4.72. The van der Waals surface area contributed by atoms with Crippen molar-refractivity contribution in [3.05, 3.63) is 6.92 Å². The van der Waals surface area contributed by atoms with Gasteiger partial charge < -0.3 is 4.74 Å². The van der Waals surface area contributed by atoms with Crippen molar-refractivity contribution in [2.75, 3.05) is 13.2 Å². The summed E-state index contributed by atoms with van der Waals surface area (Å²) >= 11 is 0. The second-order valence-corrected chi connectivity index (χ2v) is 5.97. The Morgan fingerprint density at radius 3 is 1.93 bits per heavy atom. The first-order chi connectivity index (χ1) is 6.80. The third kappa shape index (κ3) is 1.41. The van der Waals surface area contributed by atoms with Gasteiger partial charge in [-0.2, -0.15) is 0 Å². The van der Waals surface area contributed by atoms with Gasteiger partial charge in [-0.05, 0) is 68.6 Å². The van der Waals surface area contributed by atoms with Crippen LogP contribution in [-0.4, -0.2) is 13.2 Å². The summed E-state index contributed by atoms with van der Waals surface area (Å²) in [6.07, 6.45) is 8.97. The van der Waals surface area contributed by atoms with Crippen molar-refractivity contribution in [2.24, 2.45) is 23.2 Å². The summed E-state index contributed by atoms with van der Waals surface area (Å²) in [4.78, 5) is 0. The van der Waals surface area contributed by atoms with Crippen LogP contribution in [-0.2, 0) is 4.74 Å². The molecule has 1 radical (unpaired) electrons. The number of ether oxygens (including phenoxy) is 1. The minimum atomic E-state index is 0.590. The molecule has 0 aromatic rings. The van der Waals surface area contributed by atoms with Crippen LogP contribution < -0.4 is 0 Å². The van der Waals surface area contributed by atoms with Gasteiger partial charge >= 0.3 is 0 Å². The van der Waals surface area contributed by atoms with Crippen molar-refractivity contribution < 1.29 is 4.74 Å². The van der Waals surface area contributed by atoms with Gasteiger partial charge in [0.25, 0.3) is 0 Å². The summed E-state index contributed by atoms with van der Waals surface area (Å²) in [5.41, 5.74) is 0.590. The van der Waals surface area contributed by atoms with Gasteiger partial charge in [-0.1, -0.05) is 0 Å². The number of hydrogen-bond acceptors (Lipinski definition) is 1. The molecule has 4 aliphatic carbocycles. The maximum atomic E-state index is 5.61. The highest BCUT2D eigenvalue weighted by atomic mass is 16.5. The molecule has 0 aliphatic heterocycles. The Morgan fingerprint density at radius 2 is 1.50 bits per heavy atom. The molecular weight excluding hydrogens is 172 g/mol. The lowest BCUT2D eigenvalue weighted by atomic mass is 9.50. The summed E-state index contributed by atoms with van der Waals surface area (Å²) in [6.45, 7) is 5.44. The van der Waals surface area contributed by atoms with Crippen LogP contribution in [0.1, 0.15) is 38.5 Å². The highest BCUT2D eigenvalue weighted by molar-refractivity contribution is 5.01. The monoisotopic (exact) mass is 193 g/mol. The Bertz CT molecular complexity index is 186. The van der Waals surface area contributed by atoms with Crippen molar-refractivity contribution in [3.63, 3.8) is 0 Å². The van der Waals surface area contributed by atoms with Crippen LogP contribution in [0.25, 0.3) is 0 Å². The van der Waals surface area contributed by atoms with Crippen molar-refractivity contribution >= 4 is 0 Å². The van der Waals surface area contributed by atoms with Crippen LogP contribution in [0, 0.1) is 30.1 Å². The van der Waals surface area contributed by atoms with E-state index in [1.165, 1.54) is 38.5 Å². The molecule has 1 heteroatoms. The van der Waals surface area contributed by atoms with E-state index in [2.05, 4.69) is 6.92 Å². The number of rotatable bonds is 3. The minimum absolute atomic E-state index is 0.590. The first-order valence-corrected chi connectivity index (χ1v) is 6.17. The van der Waals surface area contributed by atoms with E-state index in [-0.39, 0.29) is 0 Å². The summed E-state index contributed by atoms with van der Waals surface area (Å²) in [7, 11) is 0. The van der Waals surface area contributed by atoms with E-state index in [4.69, 9.17) is 4.74 Å². The first-order valence-electron chi connectivity index (χ1n) is 6.17. The van der Waals surface area contributed by atoms with E-state index in [0.717, 1.165) is 24.4 Å². The Balaban J connectivity index is 1.74. The average Bonchev–Trinajstić information content (AvgIpc) is 2.12. The Labute approximate surface area is 87.2 Å². The van der Waals surface area contributed by atoms with Gasteiger partial charge in [0.15, 0.2) is 0 Å². The standard InChI is InChI=1S/C13H21O/c1-2-14-9-13-6-10-3-11(7-13)5-12(4-10)8-13/h10-12H,1-9H2. The van der Waals surface area contributed by atoms with Gasteiger partial charge in [-0.25, -0.2) is 0 Å². The predicted molar refractivity (Wildman–Crippen MR) is 56.8 cm³/mol. The van der Waals surface area contributed by atoms with Crippen molar-refractivity contribution in [1.29, 1.82) is 0 Å². The van der Waals surface area contributed by atoms with Crippen LogP contribution in [0.3, 0.4) is 0 Å². The van der Waals surface area contributed by atoms with Gasteiger partial charge in [0.2, 0.25) is 0 Å². The molecule has 0 aromatic heterocycles. The summed E-state index contributed by atoms with van der Waals surface area (Å²) < 4.78 is 5.61. The quantitative estimate of drug-likeness (QED) is 0.669. The molecule has 4 bridgehead atoms. The van der Waals surface area contributed by atoms with Gasteiger partial charge in [-0.3, -0.25) is 0 Å². The van der Waals surface area contributed by atoms with E-state index in [9.17, 15) is 0 Å². The molecule has 4 saturated carbocycles. The topological polar surface area (TPSA) is 9.23 Å². The van der Waals surface area contributed by atoms with E-state index in [0.29, 0.717) is 12.0 Å². The molecule has 14 heavy (non-hydrogen) atoms. The molecule has 4 fully saturated rings. The fraction of sp³-hybridized carbons (Fsp3) is 0.923. The summed E-state index contributed by atoms with van der Waals surface area (Å²) in [5.74, 6) is 3.15. The van der Waals surface area contributed by atoms with Crippen LogP contribution in [0.2, 0.25) is 0 Å². The fourth-order valence-corrected chi connectivity index (χ4v) is 4.76. The lowest BCUT2D eigenvalue weighted by Crippen LogP contribution is -2.48. The van der Waals surface area contributed by atoms with Crippen molar-refractivity contribution in [3.8, 4) is 0 Å². The molecule has 0 saturated heterocycles. The zero-order valence-electron chi connectivity index (χ0n) is 9.00. The van der Waals surface area contributed by atoms with Crippen LogP contribution >= 0.6 is 0 Å². The zero-order valence-corrected chi connectivity index (χ0v) is 9.00. The predicted octanol–water partition coefficient (Wildman–Crippen LogP) is 3.05. The molecule has 0 N–H and O–H groups in total. The fourth-order valence-electron chi connectivity index (χ4n) is 4.76. The highest BCUT2D eigenvalue weighted by Gasteiger charge is 2.50. The summed E-state index contributed by atoms with van der Waals surface area (Å²) in [6, 6.07) is 0. The van der Waals surface area contributed by atoms with Gasteiger partial charge in [0.05, 0.1) is 6.61 Å². The Kier molecular flexibility index (Phi) is 2.12. The molecule has 0 aromatic carbocycles. The van der Waals surface area contributed by atoms with Crippen LogP contribution in [0.4, 0.5) is 0 Å². The lowest BCUT2D eigenvalue weighted by molar-refractivity contribution is -0.0929. The van der Waals surface area contributed by atoms with E-state index in [1.807, 2.05) is 0 Å². The third-order valence-electron chi connectivity index (χ3n) is 4.72. The Hall–Kier alpha value is -0.0400. The smallest absolute Gasteiger partial charge is 0.0522 e. The molecule has 0 unspecified atom stereocenters. The molecule has 0 heterocycles. The van der Waals surface area contributed by atoms with Gasteiger partial charge in [0.1, 0.15) is 0 Å². The minimum Gasteiger partial charge on any atom is -0.381 e. The van der Waals surface area contributed by atoms with E-state index in [1.54, 1.807) is 0 Å². The molecule has 0 spiro atoms. The van der Waals surface area contributed by atoms with Crippen LogP contribution in [0.5, 0.6) is 0 Å². The molecule has 79 valence electrons. The molecule has 4 aliphatic rings. The van der Waals surface area contributed by atoms with E-state index < -0.39 is 0 Å². The highest BCUT2D eigenvalue weighted by Crippen LogP contribution is 2.59. The maximum absolute atomic E-state index is 5.61. The van der Waals surface area contributed by atoms with Gasteiger partial charge in [0, 0.05) is 6.61 Å². The summed E-state index contributed by atoms with van der Waals surface area (Å²) in [5, 5.41) is 0. The lowest BCUT2D eigenvalue weighted by Gasteiger charge is -2.56.